The SMILES string of the molecule is CNC1CCCCCCC1Oc1cccc(C)c1C. The van der Waals surface area contributed by atoms with E-state index in [1.165, 1.54) is 49.7 Å². The second-order valence-electron chi connectivity index (χ2n) is 5.74. The Kier molecular flexibility index (Phi) is 5.26. The maximum Gasteiger partial charge on any atom is 0.122 e. The van der Waals surface area contributed by atoms with E-state index in [4.69, 9.17) is 4.74 Å². The van der Waals surface area contributed by atoms with Crippen molar-refractivity contribution in [1.29, 1.82) is 0 Å². The van der Waals surface area contributed by atoms with Crippen LogP contribution >= 0.6 is 0 Å². The van der Waals surface area contributed by atoms with Gasteiger partial charge in [0.25, 0.3) is 0 Å². The summed E-state index contributed by atoms with van der Waals surface area (Å²) in [6.45, 7) is 4.30. The third kappa shape index (κ3) is 3.73. The molecule has 0 aliphatic heterocycles. The van der Waals surface area contributed by atoms with Gasteiger partial charge in [-0.25, -0.2) is 0 Å². The minimum Gasteiger partial charge on any atom is -0.489 e. The molecule has 2 nitrogen and oxygen atoms in total. The molecule has 106 valence electrons. The van der Waals surface area contributed by atoms with E-state index in [1.807, 2.05) is 0 Å². The van der Waals surface area contributed by atoms with Gasteiger partial charge < -0.3 is 10.1 Å². The molecule has 0 radical (unpaired) electrons. The molecule has 0 amide bonds. The molecule has 0 bridgehead atoms. The summed E-state index contributed by atoms with van der Waals surface area (Å²) < 4.78 is 6.34. The first-order valence-corrected chi connectivity index (χ1v) is 7.62. The zero-order valence-corrected chi connectivity index (χ0v) is 12.5. The first-order valence-electron chi connectivity index (χ1n) is 7.62. The van der Waals surface area contributed by atoms with Crippen molar-refractivity contribution in [1.82, 2.24) is 5.32 Å². The fourth-order valence-corrected chi connectivity index (χ4v) is 2.94. The van der Waals surface area contributed by atoms with Gasteiger partial charge in [-0.2, -0.15) is 0 Å². The summed E-state index contributed by atoms with van der Waals surface area (Å²) in [6.07, 6.45) is 8.03. The van der Waals surface area contributed by atoms with Crippen molar-refractivity contribution in [3.05, 3.63) is 29.3 Å². The van der Waals surface area contributed by atoms with Crippen LogP contribution in [0, 0.1) is 13.8 Å². The minimum atomic E-state index is 0.311. The molecule has 1 aliphatic carbocycles. The van der Waals surface area contributed by atoms with Gasteiger partial charge in [-0.1, -0.05) is 31.4 Å². The number of likely N-dealkylation sites (N-methyl/N-ethyl adjacent to an activating group) is 1. The Labute approximate surface area is 117 Å². The lowest BCUT2D eigenvalue weighted by Crippen LogP contribution is -2.42. The third-order valence-corrected chi connectivity index (χ3v) is 4.41. The summed E-state index contributed by atoms with van der Waals surface area (Å²) in [5, 5.41) is 3.45. The molecule has 19 heavy (non-hydrogen) atoms. The van der Waals surface area contributed by atoms with Gasteiger partial charge in [0.05, 0.1) is 0 Å². The standard InChI is InChI=1S/C17H27NO/c1-13-9-8-12-16(14(13)2)19-17-11-7-5-4-6-10-15(17)18-3/h8-9,12,15,17-18H,4-7,10-11H2,1-3H3. The van der Waals surface area contributed by atoms with E-state index in [0.717, 1.165) is 5.75 Å². The Hall–Kier alpha value is -1.02. The number of aryl methyl sites for hydroxylation is 1. The molecule has 0 saturated heterocycles. The molecule has 2 atom stereocenters. The molecule has 1 fully saturated rings. The zero-order chi connectivity index (χ0) is 13.7. The van der Waals surface area contributed by atoms with E-state index in [-0.39, 0.29) is 0 Å². The van der Waals surface area contributed by atoms with E-state index >= 15 is 0 Å². The molecule has 2 heteroatoms. The van der Waals surface area contributed by atoms with E-state index in [2.05, 4.69) is 44.4 Å². The Morgan fingerprint density at radius 2 is 1.79 bits per heavy atom. The summed E-state index contributed by atoms with van der Waals surface area (Å²) >= 11 is 0. The van der Waals surface area contributed by atoms with Crippen LogP contribution < -0.4 is 10.1 Å². The van der Waals surface area contributed by atoms with Crippen LogP contribution in [0.2, 0.25) is 0 Å². The van der Waals surface area contributed by atoms with Crippen LogP contribution in [0.5, 0.6) is 5.75 Å². The van der Waals surface area contributed by atoms with Crippen molar-refractivity contribution in [2.24, 2.45) is 0 Å². The van der Waals surface area contributed by atoms with Crippen LogP contribution in [0.4, 0.5) is 0 Å². The summed E-state index contributed by atoms with van der Waals surface area (Å²) in [4.78, 5) is 0. The molecule has 1 aromatic rings. The first-order chi connectivity index (χ1) is 9.22. The van der Waals surface area contributed by atoms with Crippen molar-refractivity contribution < 1.29 is 4.74 Å². The monoisotopic (exact) mass is 261 g/mol. The molecule has 1 saturated carbocycles. The van der Waals surface area contributed by atoms with Crippen molar-refractivity contribution in [3.8, 4) is 5.75 Å². The summed E-state index contributed by atoms with van der Waals surface area (Å²) in [6, 6.07) is 6.83. The molecule has 1 N–H and O–H groups in total. The molecular weight excluding hydrogens is 234 g/mol. The lowest BCUT2D eigenvalue weighted by molar-refractivity contribution is 0.130. The van der Waals surface area contributed by atoms with Crippen LogP contribution in [0.1, 0.15) is 49.7 Å². The Morgan fingerprint density at radius 1 is 1.05 bits per heavy atom. The van der Waals surface area contributed by atoms with E-state index in [0.29, 0.717) is 12.1 Å². The number of nitrogens with one attached hydrogen (secondary N) is 1. The fraction of sp³-hybridized carbons (Fsp3) is 0.647. The van der Waals surface area contributed by atoms with E-state index in [1.54, 1.807) is 0 Å². The van der Waals surface area contributed by atoms with Crippen molar-refractivity contribution in [2.45, 2.75) is 64.5 Å². The van der Waals surface area contributed by atoms with Crippen molar-refractivity contribution in [3.63, 3.8) is 0 Å². The number of hydrogen-bond donors (Lipinski definition) is 1. The van der Waals surface area contributed by atoms with Crippen molar-refractivity contribution in [2.75, 3.05) is 7.05 Å². The highest BCUT2D eigenvalue weighted by Crippen LogP contribution is 2.26. The Morgan fingerprint density at radius 3 is 2.53 bits per heavy atom. The molecule has 2 unspecified atom stereocenters. The predicted octanol–water partition coefficient (Wildman–Crippen LogP) is 3.99. The number of rotatable bonds is 3. The quantitative estimate of drug-likeness (QED) is 0.888. The number of hydrogen-bond acceptors (Lipinski definition) is 2. The van der Waals surface area contributed by atoms with Gasteiger partial charge >= 0.3 is 0 Å². The molecule has 0 heterocycles. The van der Waals surface area contributed by atoms with Crippen LogP contribution in [-0.4, -0.2) is 19.2 Å². The van der Waals surface area contributed by atoms with Crippen LogP contribution in [0.3, 0.4) is 0 Å². The van der Waals surface area contributed by atoms with Gasteiger partial charge in [0.2, 0.25) is 0 Å². The molecule has 0 spiro atoms. The van der Waals surface area contributed by atoms with E-state index < -0.39 is 0 Å². The maximum absolute atomic E-state index is 6.34. The Bertz CT molecular complexity index is 402. The average molecular weight is 261 g/mol. The topological polar surface area (TPSA) is 21.3 Å². The average Bonchev–Trinajstić information content (AvgIpc) is 2.38. The van der Waals surface area contributed by atoms with Gasteiger partial charge in [-0.15, -0.1) is 0 Å². The van der Waals surface area contributed by atoms with Gasteiger partial charge in [0, 0.05) is 6.04 Å². The fourth-order valence-electron chi connectivity index (χ4n) is 2.94. The molecule has 1 aromatic carbocycles. The van der Waals surface area contributed by atoms with Crippen LogP contribution in [-0.2, 0) is 0 Å². The molecule has 2 rings (SSSR count). The van der Waals surface area contributed by atoms with Crippen LogP contribution in [0.25, 0.3) is 0 Å². The summed E-state index contributed by atoms with van der Waals surface area (Å²) in [5.41, 5.74) is 2.59. The highest BCUT2D eigenvalue weighted by molar-refractivity contribution is 5.38. The van der Waals surface area contributed by atoms with Gasteiger partial charge in [-0.05, 0) is 57.4 Å². The van der Waals surface area contributed by atoms with Gasteiger partial charge in [-0.3, -0.25) is 0 Å². The highest BCUT2D eigenvalue weighted by Gasteiger charge is 2.23. The smallest absolute Gasteiger partial charge is 0.122 e. The van der Waals surface area contributed by atoms with E-state index in [9.17, 15) is 0 Å². The number of ether oxygens (including phenoxy) is 1. The van der Waals surface area contributed by atoms with Gasteiger partial charge in [0.1, 0.15) is 11.9 Å². The van der Waals surface area contributed by atoms with Gasteiger partial charge in [0.15, 0.2) is 0 Å². The largest absolute Gasteiger partial charge is 0.489 e. The van der Waals surface area contributed by atoms with Crippen LogP contribution in [0.15, 0.2) is 18.2 Å². The molecule has 1 aliphatic rings. The zero-order valence-electron chi connectivity index (χ0n) is 12.5. The lowest BCUT2D eigenvalue weighted by atomic mass is 9.94. The lowest BCUT2D eigenvalue weighted by Gasteiger charge is -2.30. The second-order valence-corrected chi connectivity index (χ2v) is 5.74. The normalized spacial score (nSPS) is 24.6. The summed E-state index contributed by atoms with van der Waals surface area (Å²) in [5.74, 6) is 1.06. The summed E-state index contributed by atoms with van der Waals surface area (Å²) in [7, 11) is 2.06. The Balaban J connectivity index is 2.11. The molecular formula is C17H27NO. The number of benzene rings is 1. The first kappa shape index (κ1) is 14.4. The third-order valence-electron chi connectivity index (χ3n) is 4.41. The second kappa shape index (κ2) is 6.95. The maximum atomic E-state index is 6.34. The molecule has 0 aromatic heterocycles. The highest BCUT2D eigenvalue weighted by atomic mass is 16.5. The minimum absolute atomic E-state index is 0.311. The van der Waals surface area contributed by atoms with Crippen molar-refractivity contribution >= 4 is 0 Å². The predicted molar refractivity (Wildman–Crippen MR) is 80.9 cm³/mol.